The molecule has 218 valence electrons. The molecule has 3 aliphatic rings. The highest BCUT2D eigenvalue weighted by Gasteiger charge is 2.40. The Balaban J connectivity index is 1.18. The van der Waals surface area contributed by atoms with Crippen LogP contribution >= 0.6 is 0 Å². The Morgan fingerprint density at radius 1 is 1.27 bits per heavy atom. The summed E-state index contributed by atoms with van der Waals surface area (Å²) in [6.07, 6.45) is 5.45. The van der Waals surface area contributed by atoms with E-state index in [1.807, 2.05) is 36.9 Å². The average Bonchev–Trinajstić information content (AvgIpc) is 3.44. The van der Waals surface area contributed by atoms with Crippen LogP contribution in [0.5, 0.6) is 0 Å². The standard InChI is InChI=1S/C32H44FN3O4/c1-32(2,39-3)28-18-26-23(20-40-28)8-6-11-25(26)29(31(37)38)36-17-15-22(19-36)27(33)12-5-4-10-24-14-13-21-9-7-16-34-30(21)35-24/h6,8,11,13-14,22,27-29H,4-5,7,9-10,12,15-20H2,1-3H3,(H,34,35)(H,37,38)/t22-,27?,28+,29+/m1/s1. The highest BCUT2D eigenvalue weighted by atomic mass is 19.1. The number of carboxylic acids is 1. The predicted octanol–water partition coefficient (Wildman–Crippen LogP) is 5.50. The molecule has 1 unspecified atom stereocenters. The number of carboxylic acid groups (broad SMARTS) is 1. The van der Waals surface area contributed by atoms with Crippen molar-refractivity contribution < 1.29 is 23.8 Å². The van der Waals surface area contributed by atoms with Crippen LogP contribution in [0.4, 0.5) is 10.2 Å². The van der Waals surface area contributed by atoms with Crippen molar-refractivity contribution in [2.24, 2.45) is 5.92 Å². The van der Waals surface area contributed by atoms with Crippen LogP contribution in [0.1, 0.15) is 79.9 Å². The van der Waals surface area contributed by atoms with Crippen LogP contribution in [0, 0.1) is 5.92 Å². The number of benzene rings is 1. The lowest BCUT2D eigenvalue weighted by Gasteiger charge is -2.38. The summed E-state index contributed by atoms with van der Waals surface area (Å²) in [5, 5.41) is 13.7. The van der Waals surface area contributed by atoms with Crippen molar-refractivity contribution in [3.05, 3.63) is 58.3 Å². The number of rotatable bonds is 11. The maximum absolute atomic E-state index is 15.4. The van der Waals surface area contributed by atoms with Gasteiger partial charge in [-0.15, -0.1) is 0 Å². The normalized spacial score (nSPS) is 22.7. The largest absolute Gasteiger partial charge is 0.480 e. The van der Waals surface area contributed by atoms with E-state index in [1.54, 1.807) is 7.11 Å². The van der Waals surface area contributed by atoms with Crippen molar-refractivity contribution in [2.75, 3.05) is 32.1 Å². The molecule has 0 bridgehead atoms. The van der Waals surface area contributed by atoms with E-state index < -0.39 is 23.8 Å². The number of nitrogens with zero attached hydrogens (tertiary/aromatic N) is 2. The number of hydrogen-bond donors (Lipinski definition) is 2. The quantitative estimate of drug-likeness (QED) is 0.355. The molecule has 0 spiro atoms. The molecule has 4 heterocycles. The molecule has 5 rings (SSSR count). The smallest absolute Gasteiger partial charge is 0.325 e. The van der Waals surface area contributed by atoms with E-state index in [0.29, 0.717) is 39.0 Å². The molecule has 7 nitrogen and oxygen atoms in total. The molecular formula is C32H44FN3O4. The Hall–Kier alpha value is -2.55. The van der Waals surface area contributed by atoms with Gasteiger partial charge in [0.25, 0.3) is 0 Å². The fourth-order valence-corrected chi connectivity index (χ4v) is 6.53. The maximum atomic E-state index is 15.4. The number of nitrogens with one attached hydrogen (secondary N) is 1. The van der Waals surface area contributed by atoms with Crippen LogP contribution in [0.15, 0.2) is 30.3 Å². The molecule has 1 saturated heterocycles. The van der Waals surface area contributed by atoms with Crippen molar-refractivity contribution >= 4 is 11.8 Å². The number of halogens is 1. The van der Waals surface area contributed by atoms with E-state index in [0.717, 1.165) is 66.9 Å². The van der Waals surface area contributed by atoms with Gasteiger partial charge in [0.05, 0.1) is 18.3 Å². The highest BCUT2D eigenvalue weighted by molar-refractivity contribution is 5.76. The van der Waals surface area contributed by atoms with E-state index in [9.17, 15) is 9.90 Å². The van der Waals surface area contributed by atoms with E-state index in [1.165, 1.54) is 5.56 Å². The number of aromatic nitrogens is 1. The molecule has 1 aromatic heterocycles. The number of ether oxygens (including phenoxy) is 2. The molecule has 3 aliphatic heterocycles. The first-order valence-corrected chi connectivity index (χ1v) is 14.9. The van der Waals surface area contributed by atoms with Crippen LogP contribution in [0.3, 0.4) is 0 Å². The number of pyridine rings is 1. The topological polar surface area (TPSA) is 83.9 Å². The van der Waals surface area contributed by atoms with Gasteiger partial charge in [-0.1, -0.05) is 30.7 Å². The van der Waals surface area contributed by atoms with Gasteiger partial charge in [0.2, 0.25) is 0 Å². The monoisotopic (exact) mass is 553 g/mol. The Kier molecular flexibility index (Phi) is 9.08. The Morgan fingerprint density at radius 3 is 2.92 bits per heavy atom. The zero-order valence-electron chi connectivity index (χ0n) is 24.1. The summed E-state index contributed by atoms with van der Waals surface area (Å²) in [6, 6.07) is 9.32. The van der Waals surface area contributed by atoms with Crippen LogP contribution in [-0.2, 0) is 40.1 Å². The van der Waals surface area contributed by atoms with Gasteiger partial charge in [0.15, 0.2) is 0 Å². The number of aliphatic carboxylic acids is 1. The molecule has 2 aromatic rings. The van der Waals surface area contributed by atoms with Gasteiger partial charge in [0, 0.05) is 38.2 Å². The lowest BCUT2D eigenvalue weighted by atomic mass is 9.85. The molecule has 0 saturated carbocycles. The molecule has 0 radical (unpaired) electrons. The zero-order valence-corrected chi connectivity index (χ0v) is 24.1. The summed E-state index contributed by atoms with van der Waals surface area (Å²) in [5.41, 5.74) is 4.71. The van der Waals surface area contributed by atoms with Crippen molar-refractivity contribution in [3.8, 4) is 0 Å². The van der Waals surface area contributed by atoms with Gasteiger partial charge >= 0.3 is 5.97 Å². The minimum absolute atomic E-state index is 0.143. The SMILES string of the molecule is COC(C)(C)[C@@H]1Cc2c(cccc2[C@@H](C(=O)O)N2CC[C@@H](C(F)CCCCc3ccc4c(n3)NCCC4)C2)CO1. The van der Waals surface area contributed by atoms with Crippen LogP contribution in [-0.4, -0.2) is 65.6 Å². The third-order valence-electron chi connectivity index (χ3n) is 9.22. The number of alkyl halides is 1. The summed E-state index contributed by atoms with van der Waals surface area (Å²) in [6.45, 7) is 6.44. The average molecular weight is 554 g/mol. The molecule has 1 fully saturated rings. The number of fused-ring (bicyclic) bond motifs is 2. The summed E-state index contributed by atoms with van der Waals surface area (Å²) < 4.78 is 27.1. The first kappa shape index (κ1) is 29.0. The van der Waals surface area contributed by atoms with Crippen molar-refractivity contribution in [3.63, 3.8) is 0 Å². The van der Waals surface area contributed by atoms with E-state index in [2.05, 4.69) is 17.4 Å². The number of carbonyl (C=O) groups is 1. The van der Waals surface area contributed by atoms with Crippen molar-refractivity contribution in [2.45, 2.75) is 95.7 Å². The molecular weight excluding hydrogens is 509 g/mol. The third kappa shape index (κ3) is 6.34. The first-order valence-electron chi connectivity index (χ1n) is 14.9. The molecule has 1 aromatic carbocycles. The Labute approximate surface area is 237 Å². The van der Waals surface area contributed by atoms with Gasteiger partial charge in [-0.05, 0) is 87.2 Å². The minimum Gasteiger partial charge on any atom is -0.480 e. The second-order valence-electron chi connectivity index (χ2n) is 12.2. The lowest BCUT2D eigenvalue weighted by molar-refractivity contribution is -0.143. The fourth-order valence-electron chi connectivity index (χ4n) is 6.53. The van der Waals surface area contributed by atoms with Crippen LogP contribution < -0.4 is 5.32 Å². The van der Waals surface area contributed by atoms with Crippen LogP contribution in [0.25, 0.3) is 0 Å². The van der Waals surface area contributed by atoms with Crippen molar-refractivity contribution in [1.82, 2.24) is 9.88 Å². The number of anilines is 1. The molecule has 8 heteroatoms. The summed E-state index contributed by atoms with van der Waals surface area (Å²) in [5.74, 6) is -0.0159. The molecule has 4 atom stereocenters. The number of likely N-dealkylation sites (tertiary alicyclic amines) is 1. The Bertz CT molecular complexity index is 1190. The fraction of sp³-hybridized carbons (Fsp3) is 0.625. The zero-order chi connectivity index (χ0) is 28.3. The number of aryl methyl sites for hydroxylation is 2. The first-order chi connectivity index (χ1) is 19.3. The van der Waals surface area contributed by atoms with E-state index in [-0.39, 0.29) is 12.0 Å². The number of hydrogen-bond acceptors (Lipinski definition) is 6. The summed E-state index contributed by atoms with van der Waals surface area (Å²) in [4.78, 5) is 19.3. The lowest BCUT2D eigenvalue weighted by Crippen LogP contribution is -2.44. The van der Waals surface area contributed by atoms with Gasteiger partial charge in [-0.2, -0.15) is 0 Å². The van der Waals surface area contributed by atoms with E-state index in [4.69, 9.17) is 14.5 Å². The van der Waals surface area contributed by atoms with Crippen LogP contribution in [0.2, 0.25) is 0 Å². The molecule has 2 N–H and O–H groups in total. The maximum Gasteiger partial charge on any atom is 0.325 e. The van der Waals surface area contributed by atoms with Gasteiger partial charge in [-0.25, -0.2) is 9.37 Å². The van der Waals surface area contributed by atoms with Gasteiger partial charge < -0.3 is 19.9 Å². The third-order valence-corrected chi connectivity index (χ3v) is 9.22. The molecule has 0 amide bonds. The highest BCUT2D eigenvalue weighted by Crippen LogP contribution is 2.37. The number of methoxy groups -OCH3 is 1. The molecule has 40 heavy (non-hydrogen) atoms. The Morgan fingerprint density at radius 2 is 2.12 bits per heavy atom. The minimum atomic E-state index is -0.928. The molecule has 0 aliphatic carbocycles. The predicted molar refractivity (Wildman–Crippen MR) is 153 cm³/mol. The van der Waals surface area contributed by atoms with Crippen molar-refractivity contribution in [1.29, 1.82) is 0 Å². The summed E-state index contributed by atoms with van der Waals surface area (Å²) in [7, 11) is 1.67. The second-order valence-corrected chi connectivity index (χ2v) is 12.2. The second kappa shape index (κ2) is 12.5. The van der Waals surface area contributed by atoms with E-state index >= 15 is 4.39 Å². The van der Waals surface area contributed by atoms with Gasteiger partial charge in [-0.3, -0.25) is 9.69 Å². The number of unbranched alkanes of at least 4 members (excludes halogenated alkanes) is 1. The summed E-state index contributed by atoms with van der Waals surface area (Å²) >= 11 is 0. The van der Waals surface area contributed by atoms with Gasteiger partial charge in [0.1, 0.15) is 18.0 Å².